The predicted octanol–water partition coefficient (Wildman–Crippen LogP) is 2.98. The molecule has 0 radical (unpaired) electrons. The van der Waals surface area contributed by atoms with Crippen LogP contribution in [0.15, 0.2) is 11.4 Å². The van der Waals surface area contributed by atoms with Gasteiger partial charge in [0.2, 0.25) is 0 Å². The number of anilines is 1. The summed E-state index contributed by atoms with van der Waals surface area (Å²) in [7, 11) is 0. The quantitative estimate of drug-likeness (QED) is 0.879. The van der Waals surface area contributed by atoms with Gasteiger partial charge in [0.05, 0.1) is 5.69 Å². The molecule has 1 aromatic rings. The van der Waals surface area contributed by atoms with Crippen molar-refractivity contribution in [2.45, 2.75) is 33.1 Å². The number of rotatable bonds is 2. The SMILES string of the molecule is CCC1(C)CCN(C(=O)c2sccc2N)CC1. The number of piperidine rings is 1. The molecule has 4 heteroatoms. The Balaban J connectivity index is 2.02. The highest BCUT2D eigenvalue weighted by molar-refractivity contribution is 7.12. The molecule has 3 nitrogen and oxygen atoms in total. The van der Waals surface area contributed by atoms with Crippen molar-refractivity contribution in [3.8, 4) is 0 Å². The molecule has 2 rings (SSSR count). The Kier molecular flexibility index (Phi) is 3.43. The smallest absolute Gasteiger partial charge is 0.266 e. The van der Waals surface area contributed by atoms with Crippen molar-refractivity contribution >= 4 is 22.9 Å². The van der Waals surface area contributed by atoms with Gasteiger partial charge in [-0.15, -0.1) is 11.3 Å². The second kappa shape index (κ2) is 4.69. The van der Waals surface area contributed by atoms with Crippen molar-refractivity contribution < 1.29 is 4.79 Å². The average molecular weight is 252 g/mol. The molecule has 0 unspecified atom stereocenters. The van der Waals surface area contributed by atoms with Crippen molar-refractivity contribution in [1.82, 2.24) is 4.90 Å². The van der Waals surface area contributed by atoms with E-state index in [1.54, 1.807) is 6.07 Å². The van der Waals surface area contributed by atoms with Gasteiger partial charge in [0.15, 0.2) is 0 Å². The van der Waals surface area contributed by atoms with Crippen molar-refractivity contribution in [3.63, 3.8) is 0 Å². The molecule has 0 atom stereocenters. The first-order chi connectivity index (χ1) is 8.06. The number of hydrogen-bond acceptors (Lipinski definition) is 3. The monoisotopic (exact) mass is 252 g/mol. The van der Waals surface area contributed by atoms with Crippen LogP contribution in [0.3, 0.4) is 0 Å². The summed E-state index contributed by atoms with van der Waals surface area (Å²) in [5.41, 5.74) is 6.82. The molecule has 94 valence electrons. The second-order valence-corrected chi connectivity index (χ2v) is 6.08. The van der Waals surface area contributed by atoms with Crippen molar-refractivity contribution in [2.75, 3.05) is 18.8 Å². The van der Waals surface area contributed by atoms with E-state index in [0.29, 0.717) is 16.0 Å². The zero-order valence-electron chi connectivity index (χ0n) is 10.5. The number of thiophene rings is 1. The summed E-state index contributed by atoms with van der Waals surface area (Å²) in [6, 6.07) is 1.80. The molecule has 1 aliphatic rings. The first kappa shape index (κ1) is 12.4. The third-order valence-electron chi connectivity index (χ3n) is 4.00. The van der Waals surface area contributed by atoms with Crippen LogP contribution in [0.2, 0.25) is 0 Å². The van der Waals surface area contributed by atoms with Crippen LogP contribution < -0.4 is 5.73 Å². The lowest BCUT2D eigenvalue weighted by Crippen LogP contribution is -2.41. The molecule has 1 saturated heterocycles. The second-order valence-electron chi connectivity index (χ2n) is 5.16. The van der Waals surface area contributed by atoms with Gasteiger partial charge in [-0.3, -0.25) is 4.79 Å². The minimum Gasteiger partial charge on any atom is -0.397 e. The summed E-state index contributed by atoms with van der Waals surface area (Å²) < 4.78 is 0. The van der Waals surface area contributed by atoms with Crippen LogP contribution in [0.4, 0.5) is 5.69 Å². The lowest BCUT2D eigenvalue weighted by atomic mass is 9.78. The molecule has 1 fully saturated rings. The maximum Gasteiger partial charge on any atom is 0.266 e. The van der Waals surface area contributed by atoms with E-state index in [2.05, 4.69) is 13.8 Å². The van der Waals surface area contributed by atoms with Gasteiger partial charge in [-0.1, -0.05) is 20.3 Å². The summed E-state index contributed by atoms with van der Waals surface area (Å²) in [5, 5.41) is 1.88. The van der Waals surface area contributed by atoms with E-state index in [1.807, 2.05) is 10.3 Å². The zero-order valence-corrected chi connectivity index (χ0v) is 11.3. The van der Waals surface area contributed by atoms with Gasteiger partial charge in [-0.2, -0.15) is 0 Å². The highest BCUT2D eigenvalue weighted by atomic mass is 32.1. The summed E-state index contributed by atoms with van der Waals surface area (Å²) in [4.78, 5) is 14.9. The molecule has 17 heavy (non-hydrogen) atoms. The molecular weight excluding hydrogens is 232 g/mol. The normalized spacial score (nSPS) is 19.3. The molecule has 0 saturated carbocycles. The maximum atomic E-state index is 12.2. The highest BCUT2D eigenvalue weighted by Gasteiger charge is 2.31. The fraction of sp³-hybridized carbons (Fsp3) is 0.615. The Labute approximate surface area is 107 Å². The largest absolute Gasteiger partial charge is 0.397 e. The van der Waals surface area contributed by atoms with E-state index in [1.165, 1.54) is 17.8 Å². The fourth-order valence-electron chi connectivity index (χ4n) is 2.24. The Bertz CT molecular complexity index is 405. The zero-order chi connectivity index (χ0) is 12.5. The minimum atomic E-state index is 0.107. The summed E-state index contributed by atoms with van der Waals surface area (Å²) >= 11 is 1.44. The van der Waals surface area contributed by atoms with Gasteiger partial charge in [0.25, 0.3) is 5.91 Å². The van der Waals surface area contributed by atoms with E-state index in [-0.39, 0.29) is 5.91 Å². The number of carbonyl (C=O) groups is 1. The lowest BCUT2D eigenvalue weighted by molar-refractivity contribution is 0.0606. The first-order valence-electron chi connectivity index (χ1n) is 6.18. The lowest BCUT2D eigenvalue weighted by Gasteiger charge is -2.38. The molecule has 2 N–H and O–H groups in total. The first-order valence-corrected chi connectivity index (χ1v) is 7.06. The number of amides is 1. The molecule has 0 bridgehead atoms. The van der Waals surface area contributed by atoms with E-state index < -0.39 is 0 Å². The Morgan fingerprint density at radius 1 is 1.53 bits per heavy atom. The molecule has 0 spiro atoms. The molecule has 1 amide bonds. The Morgan fingerprint density at radius 2 is 2.18 bits per heavy atom. The molecule has 1 aliphatic heterocycles. The number of nitrogens with two attached hydrogens (primary N) is 1. The van der Waals surface area contributed by atoms with Crippen molar-refractivity contribution in [3.05, 3.63) is 16.3 Å². The van der Waals surface area contributed by atoms with Gasteiger partial charge in [0, 0.05) is 13.1 Å². The average Bonchev–Trinajstić information content (AvgIpc) is 2.76. The number of hydrogen-bond donors (Lipinski definition) is 1. The summed E-state index contributed by atoms with van der Waals surface area (Å²) in [5.74, 6) is 0.107. The molecular formula is C13H20N2OS. The topological polar surface area (TPSA) is 46.3 Å². The van der Waals surface area contributed by atoms with Crippen molar-refractivity contribution in [2.24, 2.45) is 5.41 Å². The fourth-order valence-corrected chi connectivity index (χ4v) is 3.02. The number of nitrogens with zero attached hydrogens (tertiary/aromatic N) is 1. The summed E-state index contributed by atoms with van der Waals surface area (Å²) in [6.45, 7) is 6.27. The van der Waals surface area contributed by atoms with E-state index in [4.69, 9.17) is 5.73 Å². The Hall–Kier alpha value is -1.03. The van der Waals surface area contributed by atoms with E-state index in [0.717, 1.165) is 25.9 Å². The number of likely N-dealkylation sites (tertiary alicyclic amines) is 1. The van der Waals surface area contributed by atoms with Crippen LogP contribution >= 0.6 is 11.3 Å². The van der Waals surface area contributed by atoms with Crippen LogP contribution in [0.25, 0.3) is 0 Å². The van der Waals surface area contributed by atoms with Crippen LogP contribution in [-0.2, 0) is 0 Å². The van der Waals surface area contributed by atoms with Gasteiger partial charge in [-0.25, -0.2) is 0 Å². The third-order valence-corrected chi connectivity index (χ3v) is 4.92. The van der Waals surface area contributed by atoms with Gasteiger partial charge >= 0.3 is 0 Å². The van der Waals surface area contributed by atoms with Crippen LogP contribution in [-0.4, -0.2) is 23.9 Å². The highest BCUT2D eigenvalue weighted by Crippen LogP contribution is 2.35. The van der Waals surface area contributed by atoms with Gasteiger partial charge in [0.1, 0.15) is 4.88 Å². The van der Waals surface area contributed by atoms with Crippen LogP contribution in [0, 0.1) is 5.41 Å². The molecule has 2 heterocycles. The maximum absolute atomic E-state index is 12.2. The predicted molar refractivity (Wildman–Crippen MR) is 72.3 cm³/mol. The van der Waals surface area contributed by atoms with Crippen molar-refractivity contribution in [1.29, 1.82) is 0 Å². The Morgan fingerprint density at radius 3 is 2.65 bits per heavy atom. The van der Waals surface area contributed by atoms with Gasteiger partial charge in [-0.05, 0) is 29.7 Å². The standard InChI is InChI=1S/C13H20N2OS/c1-3-13(2)5-7-15(8-6-13)12(16)11-10(14)4-9-17-11/h4,9H,3,5-8,14H2,1-2H3. The third kappa shape index (κ3) is 2.46. The van der Waals surface area contributed by atoms with E-state index >= 15 is 0 Å². The molecule has 0 aliphatic carbocycles. The minimum absolute atomic E-state index is 0.107. The summed E-state index contributed by atoms with van der Waals surface area (Å²) in [6.07, 6.45) is 3.39. The number of carbonyl (C=O) groups excluding carboxylic acids is 1. The van der Waals surface area contributed by atoms with E-state index in [9.17, 15) is 4.79 Å². The van der Waals surface area contributed by atoms with Crippen LogP contribution in [0.5, 0.6) is 0 Å². The van der Waals surface area contributed by atoms with Gasteiger partial charge < -0.3 is 10.6 Å². The number of nitrogen functional groups attached to an aromatic ring is 1. The molecule has 1 aromatic heterocycles. The van der Waals surface area contributed by atoms with Crippen LogP contribution in [0.1, 0.15) is 42.8 Å². The molecule has 0 aromatic carbocycles.